The molecule has 1 amide bonds. The Morgan fingerprint density at radius 1 is 1.10 bits per heavy atom. The van der Waals surface area contributed by atoms with Gasteiger partial charge in [-0.25, -0.2) is 0 Å². The van der Waals surface area contributed by atoms with Crippen molar-refractivity contribution in [2.24, 2.45) is 5.92 Å². The van der Waals surface area contributed by atoms with Crippen molar-refractivity contribution in [1.82, 2.24) is 25.1 Å². The lowest BCUT2D eigenvalue weighted by Crippen LogP contribution is -2.42. The number of nitrogens with zero attached hydrogens (tertiary/aromatic N) is 5. The molecule has 1 aliphatic heterocycles. The van der Waals surface area contributed by atoms with Crippen molar-refractivity contribution in [3.8, 4) is 0 Å². The maximum absolute atomic E-state index is 12.8. The molecule has 7 nitrogen and oxygen atoms in total. The molecule has 1 unspecified atom stereocenters. The van der Waals surface area contributed by atoms with Gasteiger partial charge in [-0.2, -0.15) is 4.52 Å². The third kappa shape index (κ3) is 3.69. The Morgan fingerprint density at radius 2 is 1.97 bits per heavy atom. The smallest absolute Gasteiger partial charge is 0.223 e. The van der Waals surface area contributed by atoms with Gasteiger partial charge in [0, 0.05) is 31.5 Å². The van der Waals surface area contributed by atoms with Gasteiger partial charge in [-0.3, -0.25) is 4.79 Å². The Hall–Kier alpha value is -2.96. The zero-order chi connectivity index (χ0) is 19.6. The first-order valence-corrected chi connectivity index (χ1v) is 10.6. The van der Waals surface area contributed by atoms with Gasteiger partial charge in [-0.1, -0.05) is 24.3 Å². The fourth-order valence-corrected chi connectivity index (χ4v) is 4.69. The predicted molar refractivity (Wildman–Crippen MR) is 111 cm³/mol. The molecule has 1 saturated heterocycles. The molecule has 2 aliphatic rings. The van der Waals surface area contributed by atoms with Gasteiger partial charge < -0.3 is 10.2 Å². The third-order valence-electron chi connectivity index (χ3n) is 6.35. The van der Waals surface area contributed by atoms with E-state index in [0.29, 0.717) is 5.92 Å². The number of hydrogen-bond acceptors (Lipinski definition) is 5. The highest BCUT2D eigenvalue weighted by Gasteiger charge is 2.27. The molecule has 150 valence electrons. The fraction of sp³-hybridized carbons (Fsp3) is 0.455. The normalized spacial score (nSPS) is 19.9. The lowest BCUT2D eigenvalue weighted by Gasteiger charge is -2.32. The van der Waals surface area contributed by atoms with Crippen LogP contribution in [0, 0.1) is 5.92 Å². The average molecular weight is 390 g/mol. The van der Waals surface area contributed by atoms with Crippen molar-refractivity contribution >= 4 is 17.4 Å². The number of nitrogens with one attached hydrogen (secondary N) is 1. The van der Waals surface area contributed by atoms with Crippen molar-refractivity contribution in [2.45, 2.75) is 38.0 Å². The van der Waals surface area contributed by atoms with Gasteiger partial charge in [0.05, 0.1) is 0 Å². The molecule has 29 heavy (non-hydrogen) atoms. The van der Waals surface area contributed by atoms with Crippen LogP contribution in [0.15, 0.2) is 42.7 Å². The molecule has 3 heterocycles. The zero-order valence-electron chi connectivity index (χ0n) is 16.5. The number of aryl methyl sites for hydroxylation is 1. The highest BCUT2D eigenvalue weighted by molar-refractivity contribution is 5.79. The van der Waals surface area contributed by atoms with Crippen LogP contribution in [-0.4, -0.2) is 45.4 Å². The van der Waals surface area contributed by atoms with Crippen molar-refractivity contribution in [3.05, 3.63) is 53.9 Å². The van der Waals surface area contributed by atoms with Crippen LogP contribution in [0.2, 0.25) is 0 Å². The van der Waals surface area contributed by atoms with Crippen LogP contribution in [0.1, 0.15) is 42.7 Å². The first-order chi connectivity index (χ1) is 14.3. The number of carbonyl (C=O) groups excluding carboxylic acids is 1. The second-order valence-electron chi connectivity index (χ2n) is 8.12. The van der Waals surface area contributed by atoms with E-state index in [-0.39, 0.29) is 11.8 Å². The molecule has 7 heteroatoms. The number of anilines is 1. The molecule has 0 saturated carbocycles. The van der Waals surface area contributed by atoms with Gasteiger partial charge in [0.15, 0.2) is 5.65 Å². The van der Waals surface area contributed by atoms with E-state index in [0.717, 1.165) is 56.8 Å². The average Bonchev–Trinajstić information content (AvgIpc) is 3.25. The van der Waals surface area contributed by atoms with Gasteiger partial charge in [0.2, 0.25) is 5.91 Å². The molecule has 0 spiro atoms. The van der Waals surface area contributed by atoms with Crippen molar-refractivity contribution in [2.75, 3.05) is 24.5 Å². The van der Waals surface area contributed by atoms with Crippen LogP contribution in [0.3, 0.4) is 0 Å². The SMILES string of the molecule is O=C(NCC1CCCc2ccccc21)C1CCN(c2ccc3nncn3n2)CC1. The molecule has 1 aromatic carbocycles. The largest absolute Gasteiger partial charge is 0.355 e. The van der Waals surface area contributed by atoms with Crippen LogP contribution in [-0.2, 0) is 11.2 Å². The summed E-state index contributed by atoms with van der Waals surface area (Å²) >= 11 is 0. The van der Waals surface area contributed by atoms with E-state index < -0.39 is 0 Å². The molecule has 0 bridgehead atoms. The summed E-state index contributed by atoms with van der Waals surface area (Å²) in [4.78, 5) is 15.0. The third-order valence-corrected chi connectivity index (χ3v) is 6.35. The number of piperidine rings is 1. The Labute approximate surface area is 170 Å². The molecule has 1 atom stereocenters. The minimum atomic E-state index is 0.0868. The van der Waals surface area contributed by atoms with Gasteiger partial charge in [-0.15, -0.1) is 15.3 Å². The van der Waals surface area contributed by atoms with E-state index in [1.54, 1.807) is 10.8 Å². The van der Waals surface area contributed by atoms with Gasteiger partial charge in [0.1, 0.15) is 12.1 Å². The molecule has 2 aromatic heterocycles. The number of aromatic nitrogens is 4. The van der Waals surface area contributed by atoms with Crippen LogP contribution >= 0.6 is 0 Å². The topological polar surface area (TPSA) is 75.4 Å². The highest BCUT2D eigenvalue weighted by atomic mass is 16.1. The quantitative estimate of drug-likeness (QED) is 0.741. The number of hydrogen-bond donors (Lipinski definition) is 1. The summed E-state index contributed by atoms with van der Waals surface area (Å²) in [6.45, 7) is 2.43. The van der Waals surface area contributed by atoms with Crippen LogP contribution in [0.25, 0.3) is 5.65 Å². The summed E-state index contributed by atoms with van der Waals surface area (Å²) in [7, 11) is 0. The number of carbonyl (C=O) groups is 1. The Balaban J connectivity index is 1.16. The molecule has 0 radical (unpaired) electrons. The van der Waals surface area contributed by atoms with Crippen LogP contribution in [0.5, 0.6) is 0 Å². The van der Waals surface area contributed by atoms with Gasteiger partial charge in [-0.05, 0) is 55.4 Å². The van der Waals surface area contributed by atoms with E-state index in [1.165, 1.54) is 17.5 Å². The summed E-state index contributed by atoms with van der Waals surface area (Å²) in [6.07, 6.45) is 6.85. The zero-order valence-corrected chi connectivity index (χ0v) is 16.5. The number of rotatable bonds is 4. The summed E-state index contributed by atoms with van der Waals surface area (Å²) in [5.41, 5.74) is 3.61. The van der Waals surface area contributed by atoms with Gasteiger partial charge in [0.25, 0.3) is 0 Å². The lowest BCUT2D eigenvalue weighted by molar-refractivity contribution is -0.125. The summed E-state index contributed by atoms with van der Waals surface area (Å²) in [6, 6.07) is 12.6. The molecular formula is C22H26N6O. The summed E-state index contributed by atoms with van der Waals surface area (Å²) in [5, 5.41) is 15.7. The van der Waals surface area contributed by atoms with Crippen LogP contribution < -0.4 is 10.2 Å². The molecule has 1 aliphatic carbocycles. The van der Waals surface area contributed by atoms with E-state index in [4.69, 9.17) is 0 Å². The number of benzene rings is 1. The fourth-order valence-electron chi connectivity index (χ4n) is 4.69. The maximum atomic E-state index is 12.8. The Bertz CT molecular complexity index is 1010. The van der Waals surface area contributed by atoms with E-state index >= 15 is 0 Å². The molecule has 1 N–H and O–H groups in total. The Kier molecular flexibility index (Phi) is 4.87. The van der Waals surface area contributed by atoms with Crippen molar-refractivity contribution < 1.29 is 4.79 Å². The summed E-state index contributed by atoms with van der Waals surface area (Å²) < 4.78 is 1.69. The predicted octanol–water partition coefficient (Wildman–Crippen LogP) is 2.58. The first kappa shape index (κ1) is 18.1. The lowest BCUT2D eigenvalue weighted by atomic mass is 9.82. The number of amides is 1. The first-order valence-electron chi connectivity index (χ1n) is 10.6. The Morgan fingerprint density at radius 3 is 2.86 bits per heavy atom. The van der Waals surface area contributed by atoms with E-state index in [2.05, 4.69) is 49.8 Å². The van der Waals surface area contributed by atoms with Crippen molar-refractivity contribution in [3.63, 3.8) is 0 Å². The van der Waals surface area contributed by atoms with E-state index in [1.807, 2.05) is 12.1 Å². The molecule has 1 fully saturated rings. The minimum Gasteiger partial charge on any atom is -0.355 e. The summed E-state index contributed by atoms with van der Waals surface area (Å²) in [5.74, 6) is 1.65. The standard InChI is InChI=1S/C22H26N6O/c29-22(23-14-18-6-3-5-16-4-1-2-7-19(16)18)17-10-12-27(13-11-17)21-9-8-20-25-24-15-28(20)26-21/h1-2,4,7-9,15,17-18H,3,5-6,10-14H2,(H,23,29). The molecule has 5 rings (SSSR count). The monoisotopic (exact) mass is 390 g/mol. The molecule has 3 aromatic rings. The second kappa shape index (κ2) is 7.81. The van der Waals surface area contributed by atoms with E-state index in [9.17, 15) is 4.79 Å². The highest BCUT2D eigenvalue weighted by Crippen LogP contribution is 2.31. The van der Waals surface area contributed by atoms with Crippen molar-refractivity contribution in [1.29, 1.82) is 0 Å². The van der Waals surface area contributed by atoms with Crippen LogP contribution in [0.4, 0.5) is 5.82 Å². The minimum absolute atomic E-state index is 0.0868. The van der Waals surface area contributed by atoms with Gasteiger partial charge >= 0.3 is 0 Å². The second-order valence-corrected chi connectivity index (χ2v) is 8.12. The number of fused-ring (bicyclic) bond motifs is 2. The molecular weight excluding hydrogens is 364 g/mol. The maximum Gasteiger partial charge on any atom is 0.223 e.